The zero-order chi connectivity index (χ0) is 15.6. The number of benzene rings is 1. The predicted octanol–water partition coefficient (Wildman–Crippen LogP) is 2.24. The Morgan fingerprint density at radius 3 is 2.65 bits per heavy atom. The quantitative estimate of drug-likeness (QED) is 0.787. The van der Waals surface area contributed by atoms with Crippen molar-refractivity contribution in [2.45, 2.75) is 0 Å². The minimum atomic E-state index is -0.311. The fourth-order valence-electron chi connectivity index (χ4n) is 2.79. The maximum atomic E-state index is 13.7. The molecule has 0 amide bonds. The number of nitrogens with zero attached hydrogens (tertiary/aromatic N) is 4. The number of pyridine rings is 1. The van der Waals surface area contributed by atoms with Crippen molar-refractivity contribution < 1.29 is 4.39 Å². The first kappa shape index (κ1) is 14.0. The average molecular weight is 309 g/mol. The lowest BCUT2D eigenvalue weighted by Crippen LogP contribution is -2.43. The van der Waals surface area contributed by atoms with E-state index in [1.54, 1.807) is 24.7 Å². The van der Waals surface area contributed by atoms with Crippen LogP contribution in [0, 0.1) is 5.82 Å². The van der Waals surface area contributed by atoms with E-state index in [1.165, 1.54) is 6.07 Å². The van der Waals surface area contributed by atoms with Gasteiger partial charge in [0.1, 0.15) is 17.2 Å². The number of hydrogen-bond donors (Lipinski definition) is 1. The van der Waals surface area contributed by atoms with Gasteiger partial charge < -0.3 is 10.2 Å². The molecule has 3 aromatic rings. The molecule has 23 heavy (non-hydrogen) atoms. The van der Waals surface area contributed by atoms with Crippen molar-refractivity contribution in [1.82, 2.24) is 20.3 Å². The molecule has 1 aliphatic rings. The third-order valence-corrected chi connectivity index (χ3v) is 4.04. The van der Waals surface area contributed by atoms with Crippen LogP contribution in [0.1, 0.15) is 0 Å². The number of piperazine rings is 1. The van der Waals surface area contributed by atoms with Crippen LogP contribution in [-0.2, 0) is 0 Å². The van der Waals surface area contributed by atoms with E-state index >= 15 is 0 Å². The average Bonchev–Trinajstić information content (AvgIpc) is 2.63. The second-order valence-corrected chi connectivity index (χ2v) is 5.53. The van der Waals surface area contributed by atoms with Gasteiger partial charge in [0.2, 0.25) is 0 Å². The highest BCUT2D eigenvalue weighted by atomic mass is 19.1. The van der Waals surface area contributed by atoms with Crippen LogP contribution < -0.4 is 10.2 Å². The van der Waals surface area contributed by atoms with Gasteiger partial charge in [-0.1, -0.05) is 12.1 Å². The number of fused-ring (bicyclic) bond motifs is 1. The topological polar surface area (TPSA) is 53.9 Å². The second kappa shape index (κ2) is 5.89. The summed E-state index contributed by atoms with van der Waals surface area (Å²) in [6.45, 7) is 3.79. The van der Waals surface area contributed by atoms with Gasteiger partial charge in [0.05, 0.1) is 18.1 Å². The molecule has 0 radical (unpaired) electrons. The highest BCUT2D eigenvalue weighted by molar-refractivity contribution is 5.83. The summed E-state index contributed by atoms with van der Waals surface area (Å²) in [4.78, 5) is 15.4. The van der Waals surface area contributed by atoms with Crippen LogP contribution >= 0.6 is 0 Å². The minimum Gasteiger partial charge on any atom is -0.353 e. The third-order valence-electron chi connectivity index (χ3n) is 4.04. The molecule has 0 atom stereocenters. The fraction of sp³-hybridized carbons (Fsp3) is 0.235. The Bertz CT molecular complexity index is 828. The van der Waals surface area contributed by atoms with Crippen molar-refractivity contribution in [2.75, 3.05) is 31.1 Å². The summed E-state index contributed by atoms with van der Waals surface area (Å²) in [5.74, 6) is 0.573. The molecule has 116 valence electrons. The van der Waals surface area contributed by atoms with E-state index in [4.69, 9.17) is 0 Å². The van der Waals surface area contributed by atoms with Crippen LogP contribution in [0.4, 0.5) is 10.2 Å². The van der Waals surface area contributed by atoms with Gasteiger partial charge in [-0.15, -0.1) is 0 Å². The molecule has 1 aliphatic heterocycles. The van der Waals surface area contributed by atoms with E-state index in [-0.39, 0.29) is 5.82 Å². The van der Waals surface area contributed by atoms with Crippen LogP contribution in [-0.4, -0.2) is 41.1 Å². The molecule has 6 heteroatoms. The van der Waals surface area contributed by atoms with Crippen LogP contribution in [0.25, 0.3) is 22.2 Å². The molecule has 5 nitrogen and oxygen atoms in total. The van der Waals surface area contributed by atoms with Crippen molar-refractivity contribution in [3.8, 4) is 11.3 Å². The number of anilines is 1. The first-order chi connectivity index (χ1) is 11.3. The predicted molar refractivity (Wildman–Crippen MR) is 87.8 cm³/mol. The molecule has 0 unspecified atom stereocenters. The van der Waals surface area contributed by atoms with Gasteiger partial charge in [-0.3, -0.25) is 9.97 Å². The number of halogens is 1. The summed E-state index contributed by atoms with van der Waals surface area (Å²) >= 11 is 0. The Morgan fingerprint density at radius 2 is 1.87 bits per heavy atom. The summed E-state index contributed by atoms with van der Waals surface area (Å²) in [6.07, 6.45) is 5.18. The van der Waals surface area contributed by atoms with Gasteiger partial charge in [0.15, 0.2) is 0 Å². The second-order valence-electron chi connectivity index (χ2n) is 5.53. The normalized spacial score (nSPS) is 15.1. The van der Waals surface area contributed by atoms with Gasteiger partial charge in [0, 0.05) is 43.3 Å². The minimum absolute atomic E-state index is 0.311. The van der Waals surface area contributed by atoms with Crippen molar-refractivity contribution in [3.05, 3.63) is 48.7 Å². The summed E-state index contributed by atoms with van der Waals surface area (Å²) < 4.78 is 13.7. The van der Waals surface area contributed by atoms with Crippen molar-refractivity contribution in [2.24, 2.45) is 0 Å². The lowest BCUT2D eigenvalue weighted by Gasteiger charge is -2.28. The Morgan fingerprint density at radius 1 is 1.00 bits per heavy atom. The van der Waals surface area contributed by atoms with E-state index < -0.39 is 0 Å². The van der Waals surface area contributed by atoms with Gasteiger partial charge in [-0.05, 0) is 12.1 Å². The lowest BCUT2D eigenvalue weighted by atomic mass is 10.1. The summed E-state index contributed by atoms with van der Waals surface area (Å²) in [5, 5.41) is 4.07. The standard InChI is InChI=1S/C17H16FN5/c18-14-3-1-2-12-8-13(9-22-17(12)14)15-10-21-16(11-20-15)23-6-4-19-5-7-23/h1-3,8-11,19H,4-7H2. The first-order valence-corrected chi connectivity index (χ1v) is 7.63. The molecule has 0 spiro atoms. The zero-order valence-corrected chi connectivity index (χ0v) is 12.5. The Labute approximate surface area is 133 Å². The first-order valence-electron chi connectivity index (χ1n) is 7.63. The molecule has 0 bridgehead atoms. The Kier molecular flexibility index (Phi) is 3.59. The zero-order valence-electron chi connectivity index (χ0n) is 12.5. The number of hydrogen-bond acceptors (Lipinski definition) is 5. The number of aromatic nitrogens is 3. The van der Waals surface area contributed by atoms with Crippen LogP contribution in [0.5, 0.6) is 0 Å². The SMILES string of the molecule is Fc1cccc2cc(-c3cnc(N4CCNCC4)cn3)cnc12. The number of nitrogens with one attached hydrogen (secondary N) is 1. The molecule has 1 aromatic carbocycles. The molecule has 1 fully saturated rings. The summed E-state index contributed by atoms with van der Waals surface area (Å²) in [6, 6.07) is 6.83. The van der Waals surface area contributed by atoms with Crippen LogP contribution in [0.15, 0.2) is 42.9 Å². The molecule has 0 aliphatic carbocycles. The largest absolute Gasteiger partial charge is 0.353 e. The van der Waals surface area contributed by atoms with Gasteiger partial charge in [-0.2, -0.15) is 0 Å². The highest BCUT2D eigenvalue weighted by Gasteiger charge is 2.12. The van der Waals surface area contributed by atoms with Crippen LogP contribution in [0.3, 0.4) is 0 Å². The van der Waals surface area contributed by atoms with E-state index in [0.717, 1.165) is 48.6 Å². The van der Waals surface area contributed by atoms with E-state index in [9.17, 15) is 4.39 Å². The van der Waals surface area contributed by atoms with Crippen molar-refractivity contribution in [1.29, 1.82) is 0 Å². The van der Waals surface area contributed by atoms with E-state index in [1.807, 2.05) is 12.1 Å². The molecular weight excluding hydrogens is 293 g/mol. The number of rotatable bonds is 2. The maximum Gasteiger partial charge on any atom is 0.149 e. The van der Waals surface area contributed by atoms with Crippen molar-refractivity contribution >= 4 is 16.7 Å². The third kappa shape index (κ3) is 2.73. The van der Waals surface area contributed by atoms with Crippen molar-refractivity contribution in [3.63, 3.8) is 0 Å². The Hall–Kier alpha value is -2.60. The van der Waals surface area contributed by atoms with Crippen LogP contribution in [0.2, 0.25) is 0 Å². The molecule has 3 heterocycles. The van der Waals surface area contributed by atoms with Gasteiger partial charge >= 0.3 is 0 Å². The van der Waals surface area contributed by atoms with Gasteiger partial charge in [0.25, 0.3) is 0 Å². The summed E-state index contributed by atoms with van der Waals surface area (Å²) in [5.41, 5.74) is 1.95. The fourth-order valence-corrected chi connectivity index (χ4v) is 2.79. The molecular formula is C17H16FN5. The smallest absolute Gasteiger partial charge is 0.149 e. The Balaban J connectivity index is 1.65. The summed E-state index contributed by atoms with van der Waals surface area (Å²) in [7, 11) is 0. The molecule has 1 saturated heterocycles. The van der Waals surface area contributed by atoms with Gasteiger partial charge in [-0.25, -0.2) is 9.37 Å². The molecule has 4 rings (SSSR count). The highest BCUT2D eigenvalue weighted by Crippen LogP contribution is 2.23. The van der Waals surface area contributed by atoms with E-state index in [0.29, 0.717) is 5.52 Å². The molecule has 0 saturated carbocycles. The number of para-hydroxylation sites is 1. The molecule has 2 aromatic heterocycles. The lowest BCUT2D eigenvalue weighted by molar-refractivity contribution is 0.584. The maximum absolute atomic E-state index is 13.7. The van der Waals surface area contributed by atoms with E-state index in [2.05, 4.69) is 25.2 Å². The molecule has 1 N–H and O–H groups in total. The monoisotopic (exact) mass is 309 g/mol.